The summed E-state index contributed by atoms with van der Waals surface area (Å²) in [6, 6.07) is 8.12. The minimum Gasteiger partial charge on any atom is -0.394 e. The van der Waals surface area contributed by atoms with Crippen LogP contribution in [0.5, 0.6) is 0 Å². The third-order valence-corrected chi connectivity index (χ3v) is 6.41. The van der Waals surface area contributed by atoms with Gasteiger partial charge in [0.1, 0.15) is 0 Å². The molecule has 1 spiro atoms. The first-order valence-corrected chi connectivity index (χ1v) is 10.6. The van der Waals surface area contributed by atoms with Gasteiger partial charge in [-0.25, -0.2) is 4.79 Å². The number of allylic oxidation sites excluding steroid dienone is 1. The molecular formula is C23H31N3O3. The van der Waals surface area contributed by atoms with Gasteiger partial charge in [-0.15, -0.1) is 0 Å². The smallest absolute Gasteiger partial charge is 0.317 e. The summed E-state index contributed by atoms with van der Waals surface area (Å²) < 4.78 is 0. The van der Waals surface area contributed by atoms with E-state index >= 15 is 0 Å². The predicted octanol–water partition coefficient (Wildman–Crippen LogP) is 2.59. The van der Waals surface area contributed by atoms with E-state index in [-0.39, 0.29) is 42.5 Å². The van der Waals surface area contributed by atoms with Crippen molar-refractivity contribution < 1.29 is 14.7 Å². The van der Waals surface area contributed by atoms with E-state index in [1.165, 1.54) is 0 Å². The number of urea groups is 1. The predicted molar refractivity (Wildman–Crippen MR) is 112 cm³/mol. The molecule has 2 heterocycles. The van der Waals surface area contributed by atoms with Gasteiger partial charge in [0.25, 0.3) is 0 Å². The maximum atomic E-state index is 13.0. The number of rotatable bonds is 5. The summed E-state index contributed by atoms with van der Waals surface area (Å²) in [7, 11) is 0. The lowest BCUT2D eigenvalue weighted by Crippen LogP contribution is -2.86. The van der Waals surface area contributed by atoms with Crippen molar-refractivity contribution in [1.82, 2.24) is 15.1 Å². The molecule has 29 heavy (non-hydrogen) atoms. The zero-order valence-corrected chi connectivity index (χ0v) is 17.5. The number of carbonyl (C=O) groups is 2. The van der Waals surface area contributed by atoms with Gasteiger partial charge in [-0.2, -0.15) is 0 Å². The van der Waals surface area contributed by atoms with E-state index in [1.54, 1.807) is 4.90 Å². The monoisotopic (exact) mass is 397 g/mol. The van der Waals surface area contributed by atoms with Crippen LogP contribution in [0.25, 0.3) is 6.08 Å². The van der Waals surface area contributed by atoms with E-state index < -0.39 is 5.54 Å². The first-order valence-electron chi connectivity index (χ1n) is 10.6. The number of aliphatic hydroxyl groups excluding tert-OH is 1. The molecule has 1 aromatic carbocycles. The highest BCUT2D eigenvalue weighted by molar-refractivity contribution is 5.85. The molecule has 0 radical (unpaired) electrons. The molecule has 0 aromatic heterocycles. The molecule has 2 saturated heterocycles. The molecule has 3 amide bonds. The Morgan fingerprint density at radius 1 is 1.24 bits per heavy atom. The average molecular weight is 398 g/mol. The number of hydrogen-bond donors (Lipinski definition) is 2. The molecule has 6 nitrogen and oxygen atoms in total. The van der Waals surface area contributed by atoms with Crippen LogP contribution in [-0.2, 0) is 4.79 Å². The van der Waals surface area contributed by atoms with Crippen LogP contribution in [0.15, 0.2) is 30.3 Å². The molecule has 0 unspecified atom stereocenters. The highest BCUT2D eigenvalue weighted by atomic mass is 16.3. The topological polar surface area (TPSA) is 72.9 Å². The number of benzene rings is 1. The minimum atomic E-state index is -0.399. The number of nitrogens with zero attached hydrogens (tertiary/aromatic N) is 2. The van der Waals surface area contributed by atoms with Crippen molar-refractivity contribution in [2.75, 3.05) is 19.7 Å². The van der Waals surface area contributed by atoms with Crippen LogP contribution in [0.1, 0.15) is 50.7 Å². The van der Waals surface area contributed by atoms with Gasteiger partial charge in [-0.3, -0.25) is 4.79 Å². The average Bonchev–Trinajstić information content (AvgIpc) is 3.46. The maximum absolute atomic E-state index is 13.0. The van der Waals surface area contributed by atoms with Gasteiger partial charge >= 0.3 is 6.03 Å². The summed E-state index contributed by atoms with van der Waals surface area (Å²) in [6.07, 6.45) is 5.92. The van der Waals surface area contributed by atoms with Crippen molar-refractivity contribution in [2.24, 2.45) is 5.92 Å². The van der Waals surface area contributed by atoms with Gasteiger partial charge in [0.2, 0.25) is 5.91 Å². The van der Waals surface area contributed by atoms with E-state index in [2.05, 4.69) is 29.6 Å². The number of amides is 3. The lowest BCUT2D eigenvalue weighted by molar-refractivity contribution is -0.194. The first-order chi connectivity index (χ1) is 13.9. The zero-order valence-electron chi connectivity index (χ0n) is 17.5. The second-order valence-corrected chi connectivity index (χ2v) is 8.94. The normalized spacial score (nSPS) is 25.3. The Bertz CT molecular complexity index is 807. The van der Waals surface area contributed by atoms with Gasteiger partial charge in [0.05, 0.1) is 18.2 Å². The van der Waals surface area contributed by atoms with Crippen LogP contribution in [-0.4, -0.2) is 64.2 Å². The molecule has 2 aliphatic heterocycles. The number of aliphatic hydroxyl groups is 1. The maximum Gasteiger partial charge on any atom is 0.317 e. The van der Waals surface area contributed by atoms with Crippen molar-refractivity contribution >= 4 is 18.0 Å². The van der Waals surface area contributed by atoms with Crippen molar-refractivity contribution in [3.63, 3.8) is 0 Å². The van der Waals surface area contributed by atoms with Gasteiger partial charge in [-0.05, 0) is 44.7 Å². The summed E-state index contributed by atoms with van der Waals surface area (Å²) >= 11 is 0. The Balaban J connectivity index is 1.60. The standard InChI is InChI=1S/C23H31N3O3/c1-4-5-16-6-8-17(9-7-16)20-19(12-27)26(21(28)18-10-11-18)23(20)13-25(14-23)22(29)24-15(2)3/h4-9,15,18-20,27H,10-14H2,1-3H3,(H,24,29)/b5-4+/t19-,20-/m0/s1. The van der Waals surface area contributed by atoms with Crippen LogP contribution >= 0.6 is 0 Å². The van der Waals surface area contributed by atoms with Crippen molar-refractivity contribution in [3.8, 4) is 0 Å². The summed E-state index contributed by atoms with van der Waals surface area (Å²) in [5.74, 6) is 0.283. The summed E-state index contributed by atoms with van der Waals surface area (Å²) in [6.45, 7) is 6.85. The summed E-state index contributed by atoms with van der Waals surface area (Å²) in [4.78, 5) is 29.2. The molecule has 2 N–H and O–H groups in total. The number of likely N-dealkylation sites (tertiary alicyclic amines) is 2. The van der Waals surface area contributed by atoms with E-state index in [1.807, 2.05) is 37.8 Å². The largest absolute Gasteiger partial charge is 0.394 e. The van der Waals surface area contributed by atoms with Crippen molar-refractivity contribution in [2.45, 2.75) is 57.2 Å². The van der Waals surface area contributed by atoms with Crippen LogP contribution in [0.2, 0.25) is 0 Å². The summed E-state index contributed by atoms with van der Waals surface area (Å²) in [5.41, 5.74) is 1.85. The van der Waals surface area contributed by atoms with E-state index in [0.717, 1.165) is 24.0 Å². The van der Waals surface area contributed by atoms with Gasteiger partial charge in [0, 0.05) is 31.0 Å². The number of carbonyl (C=O) groups excluding carboxylic acids is 2. The van der Waals surface area contributed by atoms with Crippen LogP contribution in [0, 0.1) is 5.92 Å². The first kappa shape index (κ1) is 20.0. The fourth-order valence-electron chi connectivity index (χ4n) is 4.99. The molecule has 1 aliphatic carbocycles. The SMILES string of the molecule is C/C=C/c1ccc([C@H]2[C@H](CO)N(C(=O)C3CC3)C23CN(C(=O)NC(C)C)C3)cc1. The number of nitrogens with one attached hydrogen (secondary N) is 1. The molecule has 0 bridgehead atoms. The van der Waals surface area contributed by atoms with Gasteiger partial charge in [-0.1, -0.05) is 36.4 Å². The molecule has 4 rings (SSSR count). The second kappa shape index (κ2) is 7.48. The number of hydrogen-bond acceptors (Lipinski definition) is 3. The third kappa shape index (κ3) is 3.33. The molecule has 1 aromatic rings. The fraction of sp³-hybridized carbons (Fsp3) is 0.565. The van der Waals surface area contributed by atoms with Crippen LogP contribution in [0.4, 0.5) is 4.79 Å². The Labute approximate surface area is 172 Å². The molecule has 3 aliphatic rings. The zero-order chi connectivity index (χ0) is 20.8. The Hall–Kier alpha value is -2.34. The molecule has 1 saturated carbocycles. The molecule has 3 fully saturated rings. The quantitative estimate of drug-likeness (QED) is 0.802. The Morgan fingerprint density at radius 3 is 2.41 bits per heavy atom. The molecule has 156 valence electrons. The van der Waals surface area contributed by atoms with E-state index in [4.69, 9.17) is 0 Å². The van der Waals surface area contributed by atoms with Crippen LogP contribution in [0.3, 0.4) is 0 Å². The minimum absolute atomic E-state index is 0.0398. The highest BCUT2D eigenvalue weighted by Gasteiger charge is 2.69. The van der Waals surface area contributed by atoms with E-state index in [0.29, 0.717) is 13.1 Å². The van der Waals surface area contributed by atoms with Gasteiger partial charge in [0.15, 0.2) is 0 Å². The third-order valence-electron chi connectivity index (χ3n) is 6.41. The fourth-order valence-corrected chi connectivity index (χ4v) is 4.99. The Kier molecular flexibility index (Phi) is 5.15. The van der Waals surface area contributed by atoms with Gasteiger partial charge < -0.3 is 20.2 Å². The molecule has 6 heteroatoms. The highest BCUT2D eigenvalue weighted by Crippen LogP contribution is 2.55. The lowest BCUT2D eigenvalue weighted by atomic mass is 9.60. The second-order valence-electron chi connectivity index (χ2n) is 8.94. The van der Waals surface area contributed by atoms with Crippen molar-refractivity contribution in [3.05, 3.63) is 41.5 Å². The summed E-state index contributed by atoms with van der Waals surface area (Å²) in [5, 5.41) is 13.1. The van der Waals surface area contributed by atoms with E-state index in [9.17, 15) is 14.7 Å². The molecule has 2 atom stereocenters. The van der Waals surface area contributed by atoms with Crippen LogP contribution < -0.4 is 5.32 Å². The Morgan fingerprint density at radius 2 is 1.90 bits per heavy atom. The molecular weight excluding hydrogens is 366 g/mol. The lowest BCUT2D eigenvalue weighted by Gasteiger charge is -2.70. The van der Waals surface area contributed by atoms with Crippen molar-refractivity contribution in [1.29, 1.82) is 0 Å².